The molecule has 0 N–H and O–H groups in total. The molecule has 3 aromatic rings. The Labute approximate surface area is 165 Å². The average molecular weight is 379 g/mol. The van der Waals surface area contributed by atoms with Gasteiger partial charge in [0.1, 0.15) is 0 Å². The summed E-state index contributed by atoms with van der Waals surface area (Å²) in [6, 6.07) is 11.4. The number of rotatable bonds is 5. The summed E-state index contributed by atoms with van der Waals surface area (Å²) in [7, 11) is 2.23. The monoisotopic (exact) mass is 378 g/mol. The Morgan fingerprint density at radius 1 is 1.04 bits per heavy atom. The van der Waals surface area contributed by atoms with Crippen molar-refractivity contribution in [3.05, 3.63) is 75.8 Å². The fraction of sp³-hybridized carbons (Fsp3) is 0.409. The van der Waals surface area contributed by atoms with Crippen molar-refractivity contribution in [3.63, 3.8) is 0 Å². The van der Waals surface area contributed by atoms with E-state index in [0.717, 1.165) is 37.1 Å². The molecule has 3 aromatic heterocycles. The highest BCUT2D eigenvalue weighted by molar-refractivity contribution is 7.07. The van der Waals surface area contributed by atoms with Gasteiger partial charge in [-0.25, -0.2) is 4.98 Å². The van der Waals surface area contributed by atoms with Gasteiger partial charge in [-0.3, -0.25) is 14.9 Å². The summed E-state index contributed by atoms with van der Waals surface area (Å²) in [6.45, 7) is 2.16. The predicted molar refractivity (Wildman–Crippen MR) is 110 cm³/mol. The van der Waals surface area contributed by atoms with Crippen LogP contribution in [0.5, 0.6) is 0 Å². The molecule has 2 atom stereocenters. The Kier molecular flexibility index (Phi) is 5.60. The van der Waals surface area contributed by atoms with E-state index < -0.39 is 0 Å². The van der Waals surface area contributed by atoms with E-state index in [2.05, 4.69) is 58.5 Å². The summed E-state index contributed by atoms with van der Waals surface area (Å²) in [4.78, 5) is 16.6. The molecule has 1 aliphatic heterocycles. The largest absolute Gasteiger partial charge is 0.289 e. The Balaban J connectivity index is 1.52. The Bertz CT molecular complexity index is 878. The van der Waals surface area contributed by atoms with Gasteiger partial charge in [0.25, 0.3) is 0 Å². The van der Waals surface area contributed by atoms with Crippen molar-refractivity contribution in [2.24, 2.45) is 0 Å². The van der Waals surface area contributed by atoms with E-state index in [-0.39, 0.29) is 0 Å². The fourth-order valence-corrected chi connectivity index (χ4v) is 4.69. The van der Waals surface area contributed by atoms with Crippen LogP contribution in [0.15, 0.2) is 47.4 Å². The summed E-state index contributed by atoms with van der Waals surface area (Å²) in [6.07, 6.45) is 7.33. The number of aryl methyl sites for hydroxylation is 3. The van der Waals surface area contributed by atoms with Crippen LogP contribution in [0, 0.1) is 6.92 Å². The second-order valence-corrected chi connectivity index (χ2v) is 8.09. The van der Waals surface area contributed by atoms with Gasteiger partial charge in [0.05, 0.1) is 34.7 Å². The summed E-state index contributed by atoms with van der Waals surface area (Å²) in [5.74, 6) is 0. The van der Waals surface area contributed by atoms with E-state index in [1.807, 2.05) is 17.8 Å². The summed E-state index contributed by atoms with van der Waals surface area (Å²) in [5, 5.41) is 2.12. The van der Waals surface area contributed by atoms with Crippen LogP contribution >= 0.6 is 11.3 Å². The smallest absolute Gasteiger partial charge is 0.0794 e. The molecule has 0 spiro atoms. The lowest BCUT2D eigenvalue weighted by Gasteiger charge is -2.39. The number of hydrogen-bond acceptors (Lipinski definition) is 5. The molecule has 4 rings (SSSR count). The van der Waals surface area contributed by atoms with E-state index in [9.17, 15) is 0 Å². The first-order valence-corrected chi connectivity index (χ1v) is 10.6. The molecule has 140 valence electrons. The van der Waals surface area contributed by atoms with E-state index in [1.165, 1.54) is 23.4 Å². The molecule has 27 heavy (non-hydrogen) atoms. The average Bonchev–Trinajstić information content (AvgIpc) is 3.21. The highest BCUT2D eigenvalue weighted by Gasteiger charge is 2.31. The maximum atomic E-state index is 5.01. The third kappa shape index (κ3) is 4.09. The fourth-order valence-electron chi connectivity index (χ4n) is 4.10. The van der Waals surface area contributed by atoms with Crippen LogP contribution in [0.3, 0.4) is 0 Å². The molecule has 4 nitrogen and oxygen atoms in total. The molecule has 0 unspecified atom stereocenters. The highest BCUT2D eigenvalue weighted by Crippen LogP contribution is 2.39. The highest BCUT2D eigenvalue weighted by atomic mass is 32.1. The van der Waals surface area contributed by atoms with E-state index >= 15 is 0 Å². The number of likely N-dealkylation sites (tertiary alicyclic amines) is 1. The van der Waals surface area contributed by atoms with Crippen LogP contribution < -0.4 is 0 Å². The maximum Gasteiger partial charge on any atom is 0.0794 e. The molecular formula is C22H26N4S. The van der Waals surface area contributed by atoms with Crippen molar-refractivity contribution in [3.8, 4) is 0 Å². The third-order valence-corrected chi connectivity index (χ3v) is 6.23. The number of piperidine rings is 1. The van der Waals surface area contributed by atoms with Crippen LogP contribution in [0.1, 0.15) is 59.7 Å². The summed E-state index contributed by atoms with van der Waals surface area (Å²) in [5.41, 5.74) is 7.89. The molecule has 0 amide bonds. The zero-order chi connectivity index (χ0) is 18.6. The molecule has 0 aromatic carbocycles. The lowest BCUT2D eigenvalue weighted by molar-refractivity contribution is 0.109. The van der Waals surface area contributed by atoms with Crippen molar-refractivity contribution in [2.45, 2.75) is 51.1 Å². The number of nitrogens with zero attached hydrogens (tertiary/aromatic N) is 4. The second-order valence-electron chi connectivity index (χ2n) is 7.37. The first kappa shape index (κ1) is 18.3. The predicted octanol–water partition coefficient (Wildman–Crippen LogP) is 4.92. The Morgan fingerprint density at radius 3 is 2.70 bits per heavy atom. The van der Waals surface area contributed by atoms with Gasteiger partial charge in [0.15, 0.2) is 0 Å². The first-order valence-electron chi connectivity index (χ1n) is 9.68. The molecule has 0 bridgehead atoms. The maximum absolute atomic E-state index is 5.01. The molecule has 1 saturated heterocycles. The lowest BCUT2D eigenvalue weighted by atomic mass is 9.90. The number of hydrogen-bond donors (Lipinski definition) is 0. The minimum Gasteiger partial charge on any atom is -0.289 e. The van der Waals surface area contributed by atoms with Gasteiger partial charge >= 0.3 is 0 Å². The van der Waals surface area contributed by atoms with Gasteiger partial charge in [0.2, 0.25) is 0 Å². The van der Waals surface area contributed by atoms with Crippen LogP contribution in [0.25, 0.3) is 0 Å². The van der Waals surface area contributed by atoms with Crippen LogP contribution in [-0.4, -0.2) is 26.9 Å². The standard InChI is InChI=1S/C22H26N4S/c1-16-6-5-13-23-22(16)21-10-4-9-20(26(21)2)19-8-3-7-17(25-19)11-12-18-14-27-15-24-18/h3,5-8,13-15,20-21H,4,9-12H2,1-2H3/t20-,21+/m1/s1. The molecule has 0 aliphatic carbocycles. The quantitative estimate of drug-likeness (QED) is 0.632. The van der Waals surface area contributed by atoms with Crippen LogP contribution in [0.4, 0.5) is 0 Å². The van der Waals surface area contributed by atoms with Crippen molar-refractivity contribution in [1.82, 2.24) is 19.9 Å². The second kappa shape index (κ2) is 8.28. The zero-order valence-corrected chi connectivity index (χ0v) is 16.8. The topological polar surface area (TPSA) is 41.9 Å². The third-order valence-electron chi connectivity index (χ3n) is 5.59. The van der Waals surface area contributed by atoms with Gasteiger partial charge in [-0.1, -0.05) is 12.1 Å². The van der Waals surface area contributed by atoms with Crippen molar-refractivity contribution < 1.29 is 0 Å². The van der Waals surface area contributed by atoms with E-state index in [0.29, 0.717) is 12.1 Å². The van der Waals surface area contributed by atoms with Crippen LogP contribution in [0.2, 0.25) is 0 Å². The zero-order valence-electron chi connectivity index (χ0n) is 16.0. The lowest BCUT2D eigenvalue weighted by Crippen LogP contribution is -2.34. The van der Waals surface area contributed by atoms with Gasteiger partial charge in [-0.05, 0) is 69.8 Å². The van der Waals surface area contributed by atoms with Crippen molar-refractivity contribution in [2.75, 3.05) is 7.05 Å². The van der Waals surface area contributed by atoms with Crippen molar-refractivity contribution >= 4 is 11.3 Å². The molecule has 1 fully saturated rings. The van der Waals surface area contributed by atoms with Gasteiger partial charge in [-0.2, -0.15) is 0 Å². The number of aromatic nitrogens is 3. The van der Waals surface area contributed by atoms with Gasteiger partial charge in [-0.15, -0.1) is 11.3 Å². The Hall–Kier alpha value is -2.11. The Morgan fingerprint density at radius 2 is 1.89 bits per heavy atom. The molecular weight excluding hydrogens is 352 g/mol. The molecule has 5 heteroatoms. The van der Waals surface area contributed by atoms with E-state index in [1.54, 1.807) is 11.3 Å². The SMILES string of the molecule is Cc1cccnc1[C@@H]1CCC[C@H](c2cccc(CCc3cscn3)n2)N1C. The summed E-state index contributed by atoms with van der Waals surface area (Å²) >= 11 is 1.66. The van der Waals surface area contributed by atoms with Crippen LogP contribution in [-0.2, 0) is 12.8 Å². The van der Waals surface area contributed by atoms with Gasteiger partial charge in [0, 0.05) is 17.3 Å². The molecule has 0 radical (unpaired) electrons. The molecule has 0 saturated carbocycles. The first-order chi connectivity index (χ1) is 13.2. The van der Waals surface area contributed by atoms with E-state index in [4.69, 9.17) is 4.98 Å². The molecule has 1 aliphatic rings. The minimum absolute atomic E-state index is 0.351. The number of thiazole rings is 1. The normalized spacial score (nSPS) is 20.7. The number of pyridine rings is 2. The van der Waals surface area contributed by atoms with Crippen molar-refractivity contribution in [1.29, 1.82) is 0 Å². The summed E-state index contributed by atoms with van der Waals surface area (Å²) < 4.78 is 0. The van der Waals surface area contributed by atoms with Gasteiger partial charge < -0.3 is 0 Å². The molecule has 4 heterocycles. The minimum atomic E-state index is 0.351.